The predicted octanol–water partition coefficient (Wildman–Crippen LogP) is 2.88. The Hall–Kier alpha value is -0.550. The Morgan fingerprint density at radius 3 is 3.00 bits per heavy atom. The molecule has 2 rings (SSSR count). The fourth-order valence-corrected chi connectivity index (χ4v) is 3.28. The van der Waals surface area contributed by atoms with Crippen LogP contribution in [0.1, 0.15) is 51.3 Å². The number of unbranched alkanes of at least 4 members (excludes halogenated alkanes) is 2. The number of aromatic nitrogens is 3. The van der Waals surface area contributed by atoms with Crippen molar-refractivity contribution >= 4 is 11.8 Å². The van der Waals surface area contributed by atoms with Crippen molar-refractivity contribution in [3.8, 4) is 0 Å². The Morgan fingerprint density at radius 1 is 1.16 bits per heavy atom. The van der Waals surface area contributed by atoms with Crippen LogP contribution in [0.2, 0.25) is 0 Å². The molecule has 1 aromatic heterocycles. The quantitative estimate of drug-likeness (QED) is 0.588. The van der Waals surface area contributed by atoms with Crippen molar-refractivity contribution in [1.29, 1.82) is 0 Å². The Balaban J connectivity index is 1.67. The van der Waals surface area contributed by atoms with Crippen molar-refractivity contribution < 1.29 is 0 Å². The largest absolute Gasteiger partial charge is 0.316 e. The molecule has 19 heavy (non-hydrogen) atoms. The van der Waals surface area contributed by atoms with E-state index in [1.165, 1.54) is 44.3 Å². The lowest BCUT2D eigenvalue weighted by atomic mass is 10.2. The minimum Gasteiger partial charge on any atom is -0.316 e. The minimum absolute atomic E-state index is 1.07. The summed E-state index contributed by atoms with van der Waals surface area (Å²) in [5.74, 6) is 2.28. The average molecular weight is 282 g/mol. The molecule has 4 nitrogen and oxygen atoms in total. The number of hydrogen-bond acceptors (Lipinski definition) is 4. The number of hydrogen-bond donors (Lipinski definition) is 1. The molecule has 0 fully saturated rings. The Morgan fingerprint density at radius 2 is 2.11 bits per heavy atom. The zero-order chi connectivity index (χ0) is 13.3. The van der Waals surface area contributed by atoms with Crippen LogP contribution in [0.3, 0.4) is 0 Å². The number of rotatable bonds is 8. The van der Waals surface area contributed by atoms with Gasteiger partial charge in [0.1, 0.15) is 5.82 Å². The SMILES string of the molecule is CCCCCNCCSc1nnc2n1CCCCC2. The number of aryl methyl sites for hydroxylation is 1. The topological polar surface area (TPSA) is 42.7 Å². The zero-order valence-electron chi connectivity index (χ0n) is 12.0. The molecule has 0 saturated carbocycles. The van der Waals surface area contributed by atoms with E-state index in [0.717, 1.165) is 37.0 Å². The summed E-state index contributed by atoms with van der Waals surface area (Å²) in [6.07, 6.45) is 8.88. The zero-order valence-corrected chi connectivity index (χ0v) is 12.8. The van der Waals surface area contributed by atoms with E-state index < -0.39 is 0 Å². The molecule has 0 atom stereocenters. The first-order chi connectivity index (χ1) is 9.42. The molecule has 0 saturated heterocycles. The standard InChI is InChI=1S/C14H26N4S/c1-2-3-6-9-15-10-12-19-14-17-16-13-8-5-4-7-11-18(13)14/h15H,2-12H2,1H3. The fourth-order valence-electron chi connectivity index (χ4n) is 2.40. The van der Waals surface area contributed by atoms with Crippen LogP contribution in [0.5, 0.6) is 0 Å². The van der Waals surface area contributed by atoms with Crippen LogP contribution >= 0.6 is 11.8 Å². The molecule has 0 spiro atoms. The second kappa shape index (κ2) is 8.59. The van der Waals surface area contributed by atoms with Crippen molar-refractivity contribution in [3.05, 3.63) is 5.82 Å². The van der Waals surface area contributed by atoms with Crippen molar-refractivity contribution in [2.75, 3.05) is 18.8 Å². The van der Waals surface area contributed by atoms with Crippen LogP contribution in [0.25, 0.3) is 0 Å². The van der Waals surface area contributed by atoms with Crippen LogP contribution in [0.15, 0.2) is 5.16 Å². The molecule has 1 N–H and O–H groups in total. The summed E-state index contributed by atoms with van der Waals surface area (Å²) in [7, 11) is 0. The van der Waals surface area contributed by atoms with Gasteiger partial charge in [-0.15, -0.1) is 10.2 Å². The molecule has 0 amide bonds. The van der Waals surface area contributed by atoms with Gasteiger partial charge in [-0.2, -0.15) is 0 Å². The summed E-state index contributed by atoms with van der Waals surface area (Å²) in [5.41, 5.74) is 0. The smallest absolute Gasteiger partial charge is 0.191 e. The van der Waals surface area contributed by atoms with Gasteiger partial charge in [0.15, 0.2) is 5.16 Å². The van der Waals surface area contributed by atoms with Gasteiger partial charge >= 0.3 is 0 Å². The van der Waals surface area contributed by atoms with Crippen LogP contribution in [-0.2, 0) is 13.0 Å². The van der Waals surface area contributed by atoms with E-state index >= 15 is 0 Å². The maximum absolute atomic E-state index is 4.33. The molecule has 0 unspecified atom stereocenters. The van der Waals surface area contributed by atoms with E-state index in [1.807, 2.05) is 11.8 Å². The lowest BCUT2D eigenvalue weighted by Crippen LogP contribution is -2.18. The van der Waals surface area contributed by atoms with E-state index in [1.54, 1.807) is 0 Å². The molecule has 0 bridgehead atoms. The summed E-state index contributed by atoms with van der Waals surface area (Å²) < 4.78 is 2.33. The van der Waals surface area contributed by atoms with Gasteiger partial charge in [0.25, 0.3) is 0 Å². The highest BCUT2D eigenvalue weighted by molar-refractivity contribution is 7.99. The van der Waals surface area contributed by atoms with Gasteiger partial charge in [0.05, 0.1) is 0 Å². The first-order valence-corrected chi connectivity index (χ1v) is 8.66. The summed E-state index contributed by atoms with van der Waals surface area (Å²) in [6, 6.07) is 0. The first-order valence-electron chi connectivity index (χ1n) is 7.67. The number of nitrogens with zero attached hydrogens (tertiary/aromatic N) is 3. The molecule has 5 heteroatoms. The normalized spacial score (nSPS) is 15.2. The van der Waals surface area contributed by atoms with Crippen LogP contribution in [-0.4, -0.2) is 33.6 Å². The molecule has 0 aromatic carbocycles. The molecule has 1 aliphatic rings. The van der Waals surface area contributed by atoms with Gasteiger partial charge in [0, 0.05) is 25.3 Å². The molecule has 108 valence electrons. The second-order valence-corrected chi connectivity index (χ2v) is 6.23. The van der Waals surface area contributed by atoms with Crippen molar-refractivity contribution in [1.82, 2.24) is 20.1 Å². The average Bonchev–Trinajstić information content (AvgIpc) is 2.66. The van der Waals surface area contributed by atoms with Crippen LogP contribution in [0, 0.1) is 0 Å². The van der Waals surface area contributed by atoms with E-state index in [4.69, 9.17) is 0 Å². The van der Waals surface area contributed by atoms with Gasteiger partial charge in [-0.25, -0.2) is 0 Å². The maximum atomic E-state index is 4.33. The number of thioether (sulfide) groups is 1. The van der Waals surface area contributed by atoms with Crippen LogP contribution < -0.4 is 5.32 Å². The third-order valence-corrected chi connectivity index (χ3v) is 4.51. The van der Waals surface area contributed by atoms with E-state index in [9.17, 15) is 0 Å². The molecular weight excluding hydrogens is 256 g/mol. The van der Waals surface area contributed by atoms with Gasteiger partial charge in [0.2, 0.25) is 0 Å². The van der Waals surface area contributed by atoms with Crippen LogP contribution in [0.4, 0.5) is 0 Å². The lowest BCUT2D eigenvalue weighted by molar-refractivity contribution is 0.590. The summed E-state index contributed by atoms with van der Waals surface area (Å²) >= 11 is 1.84. The Kier molecular flexibility index (Phi) is 6.71. The molecule has 2 heterocycles. The summed E-state index contributed by atoms with van der Waals surface area (Å²) in [6.45, 7) is 5.56. The van der Waals surface area contributed by atoms with Crippen molar-refractivity contribution in [3.63, 3.8) is 0 Å². The maximum Gasteiger partial charge on any atom is 0.191 e. The lowest BCUT2D eigenvalue weighted by Gasteiger charge is -2.07. The Labute approximate surface area is 120 Å². The van der Waals surface area contributed by atoms with Crippen molar-refractivity contribution in [2.24, 2.45) is 0 Å². The summed E-state index contributed by atoms with van der Waals surface area (Å²) in [4.78, 5) is 0. The summed E-state index contributed by atoms with van der Waals surface area (Å²) in [5, 5.41) is 13.3. The highest BCUT2D eigenvalue weighted by Gasteiger charge is 2.14. The third kappa shape index (κ3) is 4.80. The van der Waals surface area contributed by atoms with Gasteiger partial charge in [-0.1, -0.05) is 37.9 Å². The number of fused-ring (bicyclic) bond motifs is 1. The highest BCUT2D eigenvalue weighted by Crippen LogP contribution is 2.21. The minimum atomic E-state index is 1.07. The second-order valence-electron chi connectivity index (χ2n) is 5.17. The van der Waals surface area contributed by atoms with E-state index in [0.29, 0.717) is 0 Å². The van der Waals surface area contributed by atoms with Gasteiger partial charge < -0.3 is 9.88 Å². The highest BCUT2D eigenvalue weighted by atomic mass is 32.2. The van der Waals surface area contributed by atoms with Gasteiger partial charge in [-0.3, -0.25) is 0 Å². The fraction of sp³-hybridized carbons (Fsp3) is 0.857. The first kappa shape index (κ1) is 14.9. The molecule has 0 aliphatic carbocycles. The predicted molar refractivity (Wildman–Crippen MR) is 80.7 cm³/mol. The van der Waals surface area contributed by atoms with E-state index in [-0.39, 0.29) is 0 Å². The molecule has 1 aliphatic heterocycles. The molecular formula is C14H26N4S. The van der Waals surface area contributed by atoms with Crippen molar-refractivity contribution in [2.45, 2.75) is 63.6 Å². The molecule has 0 radical (unpaired) electrons. The Bertz CT molecular complexity index is 364. The monoisotopic (exact) mass is 282 g/mol. The van der Waals surface area contributed by atoms with Gasteiger partial charge in [-0.05, 0) is 25.8 Å². The number of nitrogens with one attached hydrogen (secondary N) is 1. The van der Waals surface area contributed by atoms with E-state index in [2.05, 4.69) is 27.0 Å². The molecule has 1 aromatic rings. The third-order valence-electron chi connectivity index (χ3n) is 3.54.